The quantitative estimate of drug-likeness (QED) is 0.124. The third-order valence-electron chi connectivity index (χ3n) is 10.7. The van der Waals surface area contributed by atoms with Crippen molar-refractivity contribution in [2.75, 3.05) is 6.61 Å². The summed E-state index contributed by atoms with van der Waals surface area (Å²) in [5.74, 6) is 0.482. The second kappa shape index (κ2) is 17.2. The minimum atomic E-state index is -1.12. The number of nitrogens with zero attached hydrogens (tertiary/aromatic N) is 3. The third kappa shape index (κ3) is 8.83. The van der Waals surface area contributed by atoms with Gasteiger partial charge in [-0.2, -0.15) is 0 Å². The number of aromatic nitrogens is 2. The number of carboxylic acid groups (broad SMARTS) is 1. The van der Waals surface area contributed by atoms with Crippen molar-refractivity contribution < 1.29 is 28.9 Å². The van der Waals surface area contributed by atoms with Gasteiger partial charge < -0.3 is 24.6 Å². The summed E-state index contributed by atoms with van der Waals surface area (Å²) in [5.41, 5.74) is 8.76. The summed E-state index contributed by atoms with van der Waals surface area (Å²) >= 11 is 13.7. The number of hydrogen-bond acceptors (Lipinski definition) is 9. The molecule has 3 atom stereocenters. The van der Waals surface area contributed by atoms with Gasteiger partial charge in [0.25, 0.3) is 0 Å². The molecule has 0 bridgehead atoms. The largest absolute Gasteiger partial charge is 0.489 e. The second-order valence-corrected chi connectivity index (χ2v) is 16.3. The molecule has 0 saturated carbocycles. The van der Waals surface area contributed by atoms with Gasteiger partial charge in [-0.05, 0) is 107 Å². The summed E-state index contributed by atoms with van der Waals surface area (Å²) in [6, 6.07) is 25.1. The number of carbonyl (C=O) groups is 2. The normalized spacial score (nSPS) is 16.6. The molecule has 0 unspecified atom stereocenters. The van der Waals surface area contributed by atoms with E-state index in [1.807, 2.05) is 96.9 Å². The van der Waals surface area contributed by atoms with Gasteiger partial charge in [0.05, 0.1) is 22.6 Å². The number of aliphatic carboxylic acids is 1. The average Bonchev–Trinajstić information content (AvgIpc) is 3.74. The molecule has 8 rings (SSSR count). The van der Waals surface area contributed by atoms with Gasteiger partial charge >= 0.3 is 5.97 Å². The van der Waals surface area contributed by atoms with Crippen LogP contribution in [0, 0.1) is 13.8 Å². The Morgan fingerprint density at radius 1 is 0.931 bits per heavy atom. The Labute approximate surface area is 350 Å². The number of carbonyl (C=O) groups excluding carboxylic acids is 1. The first-order valence-corrected chi connectivity index (χ1v) is 20.5. The van der Waals surface area contributed by atoms with E-state index in [2.05, 4.69) is 15.3 Å². The Kier molecular flexibility index (Phi) is 11.7. The van der Waals surface area contributed by atoms with Crippen LogP contribution < -0.4 is 19.5 Å². The van der Waals surface area contributed by atoms with Gasteiger partial charge in [-0.1, -0.05) is 65.7 Å². The fraction of sp³-hybridized carbons (Fsp3) is 0.244. The predicted molar refractivity (Wildman–Crippen MR) is 224 cm³/mol. The van der Waals surface area contributed by atoms with Crippen LogP contribution in [0.2, 0.25) is 10.0 Å². The maximum atomic E-state index is 14.1. The summed E-state index contributed by atoms with van der Waals surface area (Å²) in [6.45, 7) is 5.53. The molecule has 296 valence electrons. The number of fused-ring (bicyclic) bond motifs is 2. The highest BCUT2D eigenvalue weighted by molar-refractivity contribution is 7.09. The number of aryl methyl sites for hydroxylation is 1. The molecule has 0 saturated heterocycles. The molecule has 10 nitrogen and oxygen atoms in total. The molecule has 2 aliphatic rings. The van der Waals surface area contributed by atoms with Gasteiger partial charge in [-0.15, -0.1) is 11.3 Å². The summed E-state index contributed by atoms with van der Waals surface area (Å²) in [7, 11) is 0. The molecule has 0 fully saturated rings. The Bertz CT molecular complexity index is 2450. The number of nitrogens with one attached hydrogen (secondary N) is 1. The molecule has 2 N–H and O–H groups in total. The van der Waals surface area contributed by atoms with Crippen molar-refractivity contribution in [1.82, 2.24) is 20.2 Å². The predicted octanol–water partition coefficient (Wildman–Crippen LogP) is 8.96. The molecule has 1 amide bonds. The van der Waals surface area contributed by atoms with E-state index in [0.717, 1.165) is 55.2 Å². The van der Waals surface area contributed by atoms with Crippen LogP contribution in [0.5, 0.6) is 17.2 Å². The Balaban J connectivity index is 0.952. The van der Waals surface area contributed by atoms with Gasteiger partial charge in [0, 0.05) is 36.4 Å². The number of pyridine rings is 1. The van der Waals surface area contributed by atoms with E-state index in [0.29, 0.717) is 60.0 Å². The molecular weight excluding hydrogens is 795 g/mol. The number of halogens is 2. The van der Waals surface area contributed by atoms with E-state index >= 15 is 0 Å². The van der Waals surface area contributed by atoms with Gasteiger partial charge in [-0.3, -0.25) is 14.7 Å². The first-order valence-electron chi connectivity index (χ1n) is 18.9. The van der Waals surface area contributed by atoms with Crippen LogP contribution >= 0.6 is 34.5 Å². The molecule has 2 aliphatic heterocycles. The van der Waals surface area contributed by atoms with Crippen LogP contribution in [0.25, 0.3) is 11.1 Å². The van der Waals surface area contributed by atoms with Crippen LogP contribution in [0.15, 0.2) is 103 Å². The monoisotopic (exact) mass is 834 g/mol. The van der Waals surface area contributed by atoms with Crippen LogP contribution in [-0.2, 0) is 42.1 Å². The lowest BCUT2D eigenvalue weighted by atomic mass is 9.92. The highest BCUT2D eigenvalue weighted by Gasteiger charge is 2.36. The highest BCUT2D eigenvalue weighted by Crippen LogP contribution is 2.41. The molecule has 0 spiro atoms. The molecule has 58 heavy (non-hydrogen) atoms. The van der Waals surface area contributed by atoms with E-state index in [4.69, 9.17) is 37.4 Å². The van der Waals surface area contributed by atoms with Crippen LogP contribution in [0.4, 0.5) is 0 Å². The van der Waals surface area contributed by atoms with Crippen molar-refractivity contribution in [1.29, 1.82) is 0 Å². The molecule has 4 aromatic carbocycles. The van der Waals surface area contributed by atoms with Crippen molar-refractivity contribution in [2.45, 2.75) is 64.6 Å². The molecule has 6 aromatic rings. The SMILES string of the molecule is Cc1nccc(-c2ccc(C[C@H](NC(=O)[C@@H]3Cc4cc5c(cc4CN3Cc3nccs3)O[C@@H](c3ccc(OCc4ccc(Cl)c(Cl)c4)cc3)CO5)C(=O)O)cc2)c1C. The Morgan fingerprint density at radius 3 is 2.45 bits per heavy atom. The Hall–Kier alpha value is -5.46. The topological polar surface area (TPSA) is 123 Å². The zero-order valence-electron chi connectivity index (χ0n) is 31.8. The molecule has 13 heteroatoms. The first kappa shape index (κ1) is 39.4. The summed E-state index contributed by atoms with van der Waals surface area (Å²) in [6.07, 6.45) is 3.69. The van der Waals surface area contributed by atoms with Gasteiger partial charge in [0.2, 0.25) is 5.91 Å². The van der Waals surface area contributed by atoms with E-state index in [1.165, 1.54) is 11.3 Å². The lowest BCUT2D eigenvalue weighted by Gasteiger charge is -2.37. The first-order chi connectivity index (χ1) is 28.1. The standard InChI is InChI=1S/C45H40Cl2N4O6S/c1-26-27(2)48-14-13-35(26)30-6-3-28(4-7-30)18-38(45(53)54)50-44(52)39-19-32-20-40-41(21-33(32)22-51(39)23-43-49-15-16-58-43)57-42(25-56-40)31-8-10-34(11-9-31)55-24-29-5-12-36(46)37(47)17-29/h3-17,20-21,38-39,42H,18-19,22-25H2,1-2H3,(H,50,52)(H,53,54)/t38-,39-,42+/m0/s1. The number of benzene rings is 4. The van der Waals surface area contributed by atoms with Crippen molar-refractivity contribution >= 4 is 46.4 Å². The minimum absolute atomic E-state index is 0.139. The minimum Gasteiger partial charge on any atom is -0.489 e. The van der Waals surface area contributed by atoms with E-state index in [9.17, 15) is 14.7 Å². The van der Waals surface area contributed by atoms with Gasteiger partial charge in [-0.25, -0.2) is 9.78 Å². The molecule has 0 radical (unpaired) electrons. The van der Waals surface area contributed by atoms with Crippen LogP contribution in [0.1, 0.15) is 50.2 Å². The number of carboxylic acids is 1. The van der Waals surface area contributed by atoms with Crippen LogP contribution in [-0.4, -0.2) is 50.5 Å². The average molecular weight is 836 g/mol. The zero-order valence-corrected chi connectivity index (χ0v) is 34.1. The lowest BCUT2D eigenvalue weighted by Crippen LogP contribution is -2.54. The lowest BCUT2D eigenvalue weighted by molar-refractivity contribution is -0.142. The second-order valence-electron chi connectivity index (χ2n) is 14.5. The maximum Gasteiger partial charge on any atom is 0.326 e. The van der Waals surface area contributed by atoms with Crippen LogP contribution in [0.3, 0.4) is 0 Å². The number of hydrogen-bond donors (Lipinski definition) is 2. The number of thiazole rings is 1. The number of amides is 1. The summed E-state index contributed by atoms with van der Waals surface area (Å²) in [4.78, 5) is 37.5. The summed E-state index contributed by atoms with van der Waals surface area (Å²) < 4.78 is 18.7. The third-order valence-corrected chi connectivity index (χ3v) is 12.2. The van der Waals surface area contributed by atoms with Crippen molar-refractivity contribution in [3.63, 3.8) is 0 Å². The van der Waals surface area contributed by atoms with Gasteiger partial charge in [0.15, 0.2) is 17.6 Å². The van der Waals surface area contributed by atoms with Crippen molar-refractivity contribution in [3.8, 4) is 28.4 Å². The highest BCUT2D eigenvalue weighted by atomic mass is 35.5. The fourth-order valence-electron chi connectivity index (χ4n) is 7.35. The van der Waals surface area contributed by atoms with E-state index in [1.54, 1.807) is 24.5 Å². The molecular formula is C45H40Cl2N4O6S. The molecule has 0 aliphatic carbocycles. The maximum absolute atomic E-state index is 14.1. The molecule has 2 aromatic heterocycles. The van der Waals surface area contributed by atoms with E-state index < -0.39 is 18.1 Å². The van der Waals surface area contributed by atoms with E-state index in [-0.39, 0.29) is 18.4 Å². The number of ether oxygens (including phenoxy) is 3. The van der Waals surface area contributed by atoms with Crippen molar-refractivity contribution in [3.05, 3.63) is 157 Å². The zero-order chi connectivity index (χ0) is 40.3. The van der Waals surface area contributed by atoms with Gasteiger partial charge in [0.1, 0.15) is 30.0 Å². The summed E-state index contributed by atoms with van der Waals surface area (Å²) in [5, 5.41) is 16.9. The molecule has 4 heterocycles. The number of rotatable bonds is 12. The smallest absolute Gasteiger partial charge is 0.326 e. The van der Waals surface area contributed by atoms with Crippen molar-refractivity contribution in [2.24, 2.45) is 0 Å². The Morgan fingerprint density at radius 2 is 1.71 bits per heavy atom. The fourth-order valence-corrected chi connectivity index (χ4v) is 8.31.